The fourth-order valence-electron chi connectivity index (χ4n) is 2.94. The number of fused-ring (bicyclic) bond motifs is 2. The van der Waals surface area contributed by atoms with E-state index >= 15 is 0 Å². The Bertz CT molecular complexity index is 1020. The van der Waals surface area contributed by atoms with E-state index in [-0.39, 0.29) is 37.3 Å². The molecule has 1 aliphatic heterocycles. The zero-order chi connectivity index (χ0) is 18.8. The van der Waals surface area contributed by atoms with Gasteiger partial charge in [0.1, 0.15) is 11.6 Å². The number of benzene rings is 2. The van der Waals surface area contributed by atoms with Gasteiger partial charge in [-0.1, -0.05) is 0 Å². The summed E-state index contributed by atoms with van der Waals surface area (Å²) in [4.78, 5) is 30.3. The van der Waals surface area contributed by atoms with Gasteiger partial charge in [0.15, 0.2) is 6.61 Å². The zero-order valence-corrected chi connectivity index (χ0v) is 15.1. The molecule has 0 bridgehead atoms. The van der Waals surface area contributed by atoms with E-state index < -0.39 is 0 Å². The molecular weight excluding hydrogens is 369 g/mol. The first-order valence-corrected chi connectivity index (χ1v) is 9.28. The average Bonchev–Trinajstić information content (AvgIpc) is 3.08. The molecule has 0 atom stereocenters. The molecule has 0 saturated carbocycles. The van der Waals surface area contributed by atoms with Crippen LogP contribution in [0.15, 0.2) is 41.9 Å². The Hall–Kier alpha value is -3.00. The summed E-state index contributed by atoms with van der Waals surface area (Å²) < 4.78 is 19.8. The summed E-state index contributed by atoms with van der Waals surface area (Å²) in [6, 6.07) is 9.53. The van der Waals surface area contributed by atoms with Gasteiger partial charge in [-0.2, -0.15) is 0 Å². The third kappa shape index (κ3) is 3.75. The number of hydrogen-bond acceptors (Lipinski definition) is 5. The Labute approximate surface area is 158 Å². The molecule has 0 spiro atoms. The molecule has 4 rings (SSSR count). The van der Waals surface area contributed by atoms with E-state index in [9.17, 15) is 14.0 Å². The van der Waals surface area contributed by atoms with Crippen molar-refractivity contribution in [2.45, 2.75) is 6.54 Å². The molecule has 2 aromatic carbocycles. The van der Waals surface area contributed by atoms with Crippen LogP contribution in [0, 0.1) is 5.82 Å². The van der Waals surface area contributed by atoms with Crippen molar-refractivity contribution >= 4 is 33.4 Å². The Balaban J connectivity index is 1.38. The predicted molar refractivity (Wildman–Crippen MR) is 99.3 cm³/mol. The molecule has 0 saturated heterocycles. The van der Waals surface area contributed by atoms with Crippen LogP contribution in [0.5, 0.6) is 5.75 Å². The minimum Gasteiger partial charge on any atom is -0.483 e. The average molecular weight is 385 g/mol. The van der Waals surface area contributed by atoms with Crippen molar-refractivity contribution in [2.75, 3.05) is 19.7 Å². The van der Waals surface area contributed by atoms with Crippen molar-refractivity contribution in [1.29, 1.82) is 0 Å². The van der Waals surface area contributed by atoms with E-state index in [4.69, 9.17) is 4.74 Å². The quantitative estimate of drug-likeness (QED) is 0.749. The van der Waals surface area contributed by atoms with Gasteiger partial charge in [0.25, 0.3) is 11.8 Å². The molecule has 0 unspecified atom stereocenters. The molecule has 1 aromatic heterocycles. The van der Waals surface area contributed by atoms with Crippen LogP contribution in [0.25, 0.3) is 10.2 Å². The monoisotopic (exact) mass is 385 g/mol. The lowest BCUT2D eigenvalue weighted by molar-refractivity contribution is -0.133. The zero-order valence-electron chi connectivity index (χ0n) is 14.3. The summed E-state index contributed by atoms with van der Waals surface area (Å²) in [6.45, 7) is 0.742. The van der Waals surface area contributed by atoms with E-state index in [2.05, 4.69) is 10.3 Å². The fourth-order valence-corrected chi connectivity index (χ4v) is 3.66. The van der Waals surface area contributed by atoms with E-state index in [0.717, 1.165) is 10.2 Å². The number of rotatable bonds is 4. The van der Waals surface area contributed by atoms with E-state index in [1.807, 2.05) is 6.07 Å². The lowest BCUT2D eigenvalue weighted by atomic mass is 10.2. The van der Waals surface area contributed by atoms with Gasteiger partial charge >= 0.3 is 0 Å². The summed E-state index contributed by atoms with van der Waals surface area (Å²) in [5, 5.41) is 2.82. The number of ether oxygens (including phenoxy) is 1. The van der Waals surface area contributed by atoms with Crippen molar-refractivity contribution in [1.82, 2.24) is 15.2 Å². The largest absolute Gasteiger partial charge is 0.483 e. The molecule has 1 aliphatic rings. The van der Waals surface area contributed by atoms with Crippen LogP contribution in [0.4, 0.5) is 4.39 Å². The van der Waals surface area contributed by atoms with Crippen LogP contribution in [0.3, 0.4) is 0 Å². The van der Waals surface area contributed by atoms with Gasteiger partial charge in [-0.05, 0) is 36.4 Å². The minimum absolute atomic E-state index is 0.103. The van der Waals surface area contributed by atoms with Crippen molar-refractivity contribution in [3.05, 3.63) is 58.9 Å². The molecule has 1 N–H and O–H groups in total. The molecule has 27 heavy (non-hydrogen) atoms. The summed E-state index contributed by atoms with van der Waals surface area (Å²) in [6.07, 6.45) is 0. The molecule has 3 aromatic rings. The number of carbonyl (C=O) groups is 2. The summed E-state index contributed by atoms with van der Waals surface area (Å²) in [5.41, 5.74) is 3.75. The second-order valence-corrected chi connectivity index (χ2v) is 7.03. The first kappa shape index (κ1) is 17.4. The summed E-state index contributed by atoms with van der Waals surface area (Å²) >= 11 is 1.47. The highest BCUT2D eigenvalue weighted by molar-refractivity contribution is 7.16. The molecule has 138 valence electrons. The van der Waals surface area contributed by atoms with Crippen molar-refractivity contribution < 1.29 is 18.7 Å². The number of hydrogen-bond donors (Lipinski definition) is 1. The first-order chi connectivity index (χ1) is 13.1. The Morgan fingerprint density at radius 3 is 3.07 bits per heavy atom. The molecule has 0 fully saturated rings. The fraction of sp³-hybridized carbons (Fsp3) is 0.211. The third-order valence-electron chi connectivity index (χ3n) is 4.35. The van der Waals surface area contributed by atoms with Gasteiger partial charge in [0.05, 0.1) is 15.7 Å². The lowest BCUT2D eigenvalue weighted by Gasteiger charge is -2.20. The summed E-state index contributed by atoms with van der Waals surface area (Å²) in [7, 11) is 0. The van der Waals surface area contributed by atoms with E-state index in [1.165, 1.54) is 29.5 Å². The van der Waals surface area contributed by atoms with Crippen LogP contribution in [0.2, 0.25) is 0 Å². The highest BCUT2D eigenvalue weighted by Crippen LogP contribution is 2.24. The Morgan fingerprint density at radius 2 is 2.19 bits per heavy atom. The van der Waals surface area contributed by atoms with Gasteiger partial charge in [-0.3, -0.25) is 9.59 Å². The van der Waals surface area contributed by atoms with Gasteiger partial charge in [-0.15, -0.1) is 11.3 Å². The van der Waals surface area contributed by atoms with Gasteiger partial charge in [0.2, 0.25) is 0 Å². The number of carbonyl (C=O) groups excluding carboxylic acids is 2. The molecular formula is C19H16FN3O3S. The van der Waals surface area contributed by atoms with Crippen molar-refractivity contribution in [3.63, 3.8) is 0 Å². The first-order valence-electron chi connectivity index (χ1n) is 8.40. The van der Waals surface area contributed by atoms with Gasteiger partial charge < -0.3 is 15.0 Å². The third-order valence-corrected chi connectivity index (χ3v) is 5.14. The van der Waals surface area contributed by atoms with Crippen molar-refractivity contribution in [3.8, 4) is 5.75 Å². The summed E-state index contributed by atoms with van der Waals surface area (Å²) in [5.74, 6) is -0.283. The second kappa shape index (κ2) is 7.32. The second-order valence-electron chi connectivity index (χ2n) is 6.15. The van der Waals surface area contributed by atoms with Crippen LogP contribution < -0.4 is 10.1 Å². The number of amides is 2. The predicted octanol–water partition coefficient (Wildman–Crippen LogP) is 2.59. The number of halogens is 1. The molecule has 0 radical (unpaired) electrons. The highest BCUT2D eigenvalue weighted by atomic mass is 32.1. The number of aromatic nitrogens is 1. The van der Waals surface area contributed by atoms with Crippen LogP contribution >= 0.6 is 11.3 Å². The Kier molecular flexibility index (Phi) is 4.72. The minimum atomic E-state index is -0.376. The van der Waals surface area contributed by atoms with E-state index in [0.29, 0.717) is 23.4 Å². The van der Waals surface area contributed by atoms with Crippen LogP contribution in [-0.4, -0.2) is 41.4 Å². The smallest absolute Gasteiger partial charge is 0.260 e. The maximum Gasteiger partial charge on any atom is 0.260 e. The maximum absolute atomic E-state index is 13.5. The normalized spacial score (nSPS) is 13.8. The Morgan fingerprint density at radius 1 is 1.30 bits per heavy atom. The molecule has 8 heteroatoms. The van der Waals surface area contributed by atoms with Crippen molar-refractivity contribution in [2.24, 2.45) is 0 Å². The standard InChI is InChI=1S/C19H16FN3O3S/c20-14-2-4-16-13(7-14)9-23(18(24)10-26-16)6-5-21-19(25)12-1-3-15-17(8-12)27-11-22-15/h1-4,7-8,11H,5-6,9-10H2,(H,21,25). The molecule has 6 nitrogen and oxygen atoms in total. The van der Waals surface area contributed by atoms with Crippen LogP contribution in [-0.2, 0) is 11.3 Å². The van der Waals surface area contributed by atoms with Gasteiger partial charge in [0, 0.05) is 30.8 Å². The maximum atomic E-state index is 13.5. The number of nitrogens with one attached hydrogen (secondary N) is 1. The lowest BCUT2D eigenvalue weighted by Crippen LogP contribution is -2.39. The topological polar surface area (TPSA) is 71.5 Å². The molecule has 2 amide bonds. The number of thiazole rings is 1. The molecule has 0 aliphatic carbocycles. The highest BCUT2D eigenvalue weighted by Gasteiger charge is 2.21. The molecule has 2 heterocycles. The number of nitrogens with zero attached hydrogens (tertiary/aromatic N) is 2. The SMILES string of the molecule is O=C(NCCN1Cc2cc(F)ccc2OCC1=O)c1ccc2ncsc2c1. The van der Waals surface area contributed by atoms with Gasteiger partial charge in [-0.25, -0.2) is 9.37 Å². The van der Waals surface area contributed by atoms with E-state index in [1.54, 1.807) is 22.5 Å². The van der Waals surface area contributed by atoms with Crippen LogP contribution in [0.1, 0.15) is 15.9 Å².